The van der Waals surface area contributed by atoms with Gasteiger partial charge in [0.1, 0.15) is 0 Å². The summed E-state index contributed by atoms with van der Waals surface area (Å²) in [7, 11) is 3.47. The van der Waals surface area contributed by atoms with Crippen molar-refractivity contribution in [1.29, 1.82) is 0 Å². The molecule has 0 heterocycles. The molecule has 1 aliphatic rings. The molecular weight excluding hydrogens is 417 g/mol. The van der Waals surface area contributed by atoms with Gasteiger partial charge in [0.05, 0.1) is 18.8 Å². The molecule has 0 saturated heterocycles. The highest BCUT2D eigenvalue weighted by atomic mass is 127. The Morgan fingerprint density at radius 3 is 2.54 bits per heavy atom. The summed E-state index contributed by atoms with van der Waals surface area (Å²) in [6, 6.07) is 8.18. The maximum Gasteiger partial charge on any atom is 0.193 e. The fourth-order valence-electron chi connectivity index (χ4n) is 3.68. The SMILES string of the molecule is CCC1(CC)C(N=C(N)Nc2ccccc2COC)CC1OC.I. The van der Waals surface area contributed by atoms with Gasteiger partial charge in [0, 0.05) is 30.9 Å². The monoisotopic (exact) mass is 447 g/mol. The second-order valence-corrected chi connectivity index (χ2v) is 6.15. The van der Waals surface area contributed by atoms with Crippen LogP contribution in [-0.2, 0) is 16.1 Å². The highest BCUT2D eigenvalue weighted by Crippen LogP contribution is 2.50. The normalized spacial score (nSPS) is 22.4. The Balaban J connectivity index is 0.00000288. The van der Waals surface area contributed by atoms with Crippen molar-refractivity contribution in [3.05, 3.63) is 29.8 Å². The first-order valence-corrected chi connectivity index (χ1v) is 8.31. The number of nitrogens with two attached hydrogens (primary N) is 1. The number of para-hydroxylation sites is 1. The number of benzene rings is 1. The molecule has 0 bridgehead atoms. The number of aliphatic imine (C=N–C) groups is 1. The topological polar surface area (TPSA) is 68.9 Å². The lowest BCUT2D eigenvalue weighted by atomic mass is 9.59. The van der Waals surface area contributed by atoms with Crippen LogP contribution in [0.15, 0.2) is 29.3 Å². The van der Waals surface area contributed by atoms with Crippen molar-refractivity contribution in [2.75, 3.05) is 19.5 Å². The van der Waals surface area contributed by atoms with Crippen molar-refractivity contribution in [1.82, 2.24) is 0 Å². The minimum atomic E-state index is 0. The maximum absolute atomic E-state index is 6.16. The highest BCUT2D eigenvalue weighted by molar-refractivity contribution is 14.0. The van der Waals surface area contributed by atoms with Crippen molar-refractivity contribution in [2.24, 2.45) is 16.1 Å². The molecule has 5 nitrogen and oxygen atoms in total. The van der Waals surface area contributed by atoms with E-state index in [0.717, 1.165) is 30.5 Å². The van der Waals surface area contributed by atoms with Crippen LogP contribution in [0.25, 0.3) is 0 Å². The molecule has 1 aromatic carbocycles. The van der Waals surface area contributed by atoms with Crippen LogP contribution in [0.1, 0.15) is 38.7 Å². The van der Waals surface area contributed by atoms with Crippen LogP contribution in [-0.4, -0.2) is 32.3 Å². The Kier molecular flexibility index (Phi) is 8.45. The lowest BCUT2D eigenvalue weighted by molar-refractivity contribution is -0.111. The first kappa shape index (κ1) is 21.2. The second kappa shape index (κ2) is 9.58. The van der Waals surface area contributed by atoms with Gasteiger partial charge in [-0.25, -0.2) is 4.99 Å². The molecule has 2 unspecified atom stereocenters. The number of methoxy groups -OCH3 is 2. The molecule has 136 valence electrons. The third kappa shape index (κ3) is 4.21. The van der Waals surface area contributed by atoms with Crippen LogP contribution in [0.3, 0.4) is 0 Å². The average molecular weight is 447 g/mol. The smallest absolute Gasteiger partial charge is 0.193 e. The number of ether oxygens (including phenoxy) is 2. The zero-order chi connectivity index (χ0) is 16.9. The summed E-state index contributed by atoms with van der Waals surface area (Å²) in [6.45, 7) is 4.95. The number of hydrogen-bond donors (Lipinski definition) is 2. The third-order valence-electron chi connectivity index (χ3n) is 5.22. The molecule has 6 heteroatoms. The lowest BCUT2D eigenvalue weighted by Crippen LogP contribution is -2.57. The van der Waals surface area contributed by atoms with E-state index in [1.54, 1.807) is 14.2 Å². The summed E-state index contributed by atoms with van der Waals surface area (Å²) in [4.78, 5) is 4.73. The molecule has 0 spiro atoms. The predicted molar refractivity (Wildman–Crippen MR) is 110 cm³/mol. The van der Waals surface area contributed by atoms with Gasteiger partial charge in [0.2, 0.25) is 0 Å². The average Bonchev–Trinajstić information content (AvgIpc) is 2.54. The largest absolute Gasteiger partial charge is 0.381 e. The van der Waals surface area contributed by atoms with Crippen molar-refractivity contribution in [3.8, 4) is 0 Å². The van der Waals surface area contributed by atoms with Gasteiger partial charge in [0.15, 0.2) is 5.96 Å². The minimum absolute atomic E-state index is 0. The van der Waals surface area contributed by atoms with Crippen molar-refractivity contribution in [3.63, 3.8) is 0 Å². The molecule has 1 aromatic rings. The van der Waals surface area contributed by atoms with Gasteiger partial charge in [-0.2, -0.15) is 0 Å². The molecule has 2 rings (SSSR count). The zero-order valence-electron chi connectivity index (χ0n) is 15.0. The number of guanidine groups is 1. The third-order valence-corrected chi connectivity index (χ3v) is 5.22. The van der Waals surface area contributed by atoms with Gasteiger partial charge in [0.25, 0.3) is 0 Å². The molecule has 24 heavy (non-hydrogen) atoms. The molecule has 1 saturated carbocycles. The van der Waals surface area contributed by atoms with Crippen molar-refractivity contribution < 1.29 is 9.47 Å². The second-order valence-electron chi connectivity index (χ2n) is 6.15. The first-order chi connectivity index (χ1) is 11.1. The van der Waals surface area contributed by atoms with Crippen LogP contribution in [0, 0.1) is 5.41 Å². The molecule has 0 aromatic heterocycles. The Morgan fingerprint density at radius 1 is 1.29 bits per heavy atom. The number of halogens is 1. The fraction of sp³-hybridized carbons (Fsp3) is 0.611. The van der Waals surface area contributed by atoms with Gasteiger partial charge >= 0.3 is 0 Å². The Hall–Kier alpha value is -0.860. The van der Waals surface area contributed by atoms with Crippen LogP contribution < -0.4 is 11.1 Å². The Morgan fingerprint density at radius 2 is 1.96 bits per heavy atom. The Labute approximate surface area is 162 Å². The van der Waals surface area contributed by atoms with E-state index < -0.39 is 0 Å². The summed E-state index contributed by atoms with van der Waals surface area (Å²) in [5.74, 6) is 0.458. The number of hydrogen-bond acceptors (Lipinski definition) is 3. The Bertz CT molecular complexity index is 547. The van der Waals surface area contributed by atoms with Crippen LogP contribution in [0.5, 0.6) is 0 Å². The maximum atomic E-state index is 6.16. The van der Waals surface area contributed by atoms with Gasteiger partial charge < -0.3 is 20.5 Å². The summed E-state index contributed by atoms with van der Waals surface area (Å²) < 4.78 is 10.8. The number of anilines is 1. The van der Waals surface area contributed by atoms with Crippen LogP contribution >= 0.6 is 24.0 Å². The molecule has 2 atom stereocenters. The molecule has 0 radical (unpaired) electrons. The number of nitrogens with zero attached hydrogens (tertiary/aromatic N) is 1. The van der Waals surface area contributed by atoms with Gasteiger partial charge in [-0.05, 0) is 25.3 Å². The zero-order valence-corrected chi connectivity index (χ0v) is 17.4. The van der Waals surface area contributed by atoms with E-state index >= 15 is 0 Å². The highest BCUT2D eigenvalue weighted by Gasteiger charge is 2.53. The fourth-order valence-corrected chi connectivity index (χ4v) is 3.68. The summed E-state index contributed by atoms with van der Waals surface area (Å²) in [6.07, 6.45) is 3.30. The standard InChI is InChI=1S/C18H29N3O2.HI/c1-5-18(6-2)15(11-16(18)23-4)21-17(19)20-14-10-8-7-9-13(14)12-22-3;/h7-10,15-16H,5-6,11-12H2,1-4H3,(H3,19,20,21);1H. The number of nitrogens with one attached hydrogen (secondary N) is 1. The summed E-state index contributed by atoms with van der Waals surface area (Å²) in [5.41, 5.74) is 8.27. The number of rotatable bonds is 7. The quantitative estimate of drug-likeness (QED) is 0.379. The lowest BCUT2D eigenvalue weighted by Gasteiger charge is -2.53. The van der Waals surface area contributed by atoms with Crippen molar-refractivity contribution >= 4 is 35.6 Å². The van der Waals surface area contributed by atoms with E-state index in [-0.39, 0.29) is 41.5 Å². The van der Waals surface area contributed by atoms with Gasteiger partial charge in [-0.3, -0.25) is 0 Å². The van der Waals surface area contributed by atoms with Crippen LogP contribution in [0.2, 0.25) is 0 Å². The molecule has 3 N–H and O–H groups in total. The molecule has 1 fully saturated rings. The minimum Gasteiger partial charge on any atom is -0.381 e. The molecule has 0 aliphatic heterocycles. The van der Waals surface area contributed by atoms with E-state index in [0.29, 0.717) is 12.6 Å². The molecule has 0 amide bonds. The molecular formula is C18H30IN3O2. The first-order valence-electron chi connectivity index (χ1n) is 8.31. The summed E-state index contributed by atoms with van der Waals surface area (Å²) >= 11 is 0. The summed E-state index contributed by atoms with van der Waals surface area (Å²) in [5, 5.41) is 3.22. The van der Waals surface area contributed by atoms with E-state index in [1.807, 2.05) is 24.3 Å². The predicted octanol–water partition coefficient (Wildman–Crippen LogP) is 3.77. The van der Waals surface area contributed by atoms with E-state index in [4.69, 9.17) is 20.2 Å². The van der Waals surface area contributed by atoms with Gasteiger partial charge in [-0.15, -0.1) is 24.0 Å². The molecule has 1 aliphatic carbocycles. The van der Waals surface area contributed by atoms with Crippen molar-refractivity contribution in [2.45, 2.75) is 51.9 Å². The van der Waals surface area contributed by atoms with E-state index in [2.05, 4.69) is 19.2 Å². The van der Waals surface area contributed by atoms with Crippen LogP contribution in [0.4, 0.5) is 5.69 Å². The van der Waals surface area contributed by atoms with E-state index in [1.165, 1.54) is 0 Å². The van der Waals surface area contributed by atoms with Gasteiger partial charge in [-0.1, -0.05) is 32.0 Å². The van der Waals surface area contributed by atoms with E-state index in [9.17, 15) is 0 Å².